The number of para-hydroxylation sites is 1. The highest BCUT2D eigenvalue weighted by molar-refractivity contribution is 7.99. The van der Waals surface area contributed by atoms with Gasteiger partial charge in [-0.1, -0.05) is 18.2 Å². The highest BCUT2D eigenvalue weighted by Gasteiger charge is 2.12. The van der Waals surface area contributed by atoms with E-state index in [9.17, 15) is 9.59 Å². The van der Waals surface area contributed by atoms with Crippen molar-refractivity contribution < 1.29 is 19.8 Å². The lowest BCUT2D eigenvalue weighted by Crippen LogP contribution is -2.19. The molecule has 3 N–H and O–H groups in total. The highest BCUT2D eigenvalue weighted by atomic mass is 32.2. The first-order valence-electron chi connectivity index (χ1n) is 9.54. The molecule has 0 unspecified atom stereocenters. The molecule has 0 bridgehead atoms. The molecule has 2 heterocycles. The zero-order chi connectivity index (χ0) is 21.1. The number of carbonyl (C=O) groups is 2. The average molecular weight is 418 g/mol. The van der Waals surface area contributed by atoms with Gasteiger partial charge in [0.1, 0.15) is 0 Å². The second kappa shape index (κ2) is 12.0. The van der Waals surface area contributed by atoms with E-state index in [2.05, 4.69) is 47.4 Å². The fraction of sp³-hybridized carbons (Fsp3) is 0.381. The van der Waals surface area contributed by atoms with Crippen molar-refractivity contribution in [3.63, 3.8) is 0 Å². The lowest BCUT2D eigenvalue weighted by molar-refractivity contribution is -0.134. The Labute approximate surface area is 174 Å². The molecule has 0 spiro atoms. The maximum Gasteiger partial charge on any atom is 0.328 e. The van der Waals surface area contributed by atoms with E-state index in [1.54, 1.807) is 0 Å². The molecule has 7 nitrogen and oxygen atoms in total. The Bertz CT molecular complexity index is 860. The van der Waals surface area contributed by atoms with Crippen LogP contribution >= 0.6 is 11.8 Å². The van der Waals surface area contributed by atoms with Gasteiger partial charge >= 0.3 is 11.9 Å². The number of nitrogens with one attached hydrogen (secondary N) is 1. The number of thioether (sulfide) groups is 1. The van der Waals surface area contributed by atoms with Crippen molar-refractivity contribution in [2.24, 2.45) is 4.99 Å². The predicted octanol–water partition coefficient (Wildman–Crippen LogP) is 3.88. The number of aliphatic carboxylic acids is 2. The molecular formula is C21H27N3O4S. The number of nitrogens with zero attached hydrogens (tertiary/aromatic N) is 2. The van der Waals surface area contributed by atoms with Gasteiger partial charge in [0.25, 0.3) is 0 Å². The van der Waals surface area contributed by atoms with Crippen LogP contribution in [0.15, 0.2) is 52.5 Å². The Balaban J connectivity index is 0.000000321. The van der Waals surface area contributed by atoms with Crippen molar-refractivity contribution in [3.8, 4) is 0 Å². The largest absolute Gasteiger partial charge is 0.478 e. The van der Waals surface area contributed by atoms with Crippen molar-refractivity contribution in [2.75, 3.05) is 25.9 Å². The molecule has 1 aliphatic heterocycles. The van der Waals surface area contributed by atoms with Crippen LogP contribution in [0.1, 0.15) is 25.7 Å². The number of aromatic amines is 1. The minimum Gasteiger partial charge on any atom is -0.478 e. The standard InChI is InChI=1S/C17H23N3S.C4H4O4/c1-20-11-6-9-17(20)18-10-4-5-12-21-16-13-19-15-8-3-2-7-14(15)16;5-3(6)1-2-4(7)8/h2-3,7-8,13,19H,4-6,9-12H2,1H3;1-2H,(H,5,6)(H,7,8)/b;2-1+. The number of hydrogen-bond acceptors (Lipinski definition) is 4. The van der Waals surface area contributed by atoms with E-state index >= 15 is 0 Å². The lowest BCUT2D eigenvalue weighted by Gasteiger charge is -2.10. The molecule has 2 aromatic rings. The second-order valence-corrected chi connectivity index (χ2v) is 7.72. The number of fused-ring (bicyclic) bond motifs is 1. The first-order valence-corrected chi connectivity index (χ1v) is 10.5. The molecule has 0 saturated carbocycles. The van der Waals surface area contributed by atoms with Gasteiger partial charge in [-0.2, -0.15) is 0 Å². The van der Waals surface area contributed by atoms with Gasteiger partial charge in [-0.15, -0.1) is 11.8 Å². The van der Waals surface area contributed by atoms with Crippen molar-refractivity contribution in [3.05, 3.63) is 42.6 Å². The number of amidine groups is 1. The maximum absolute atomic E-state index is 9.55. The summed E-state index contributed by atoms with van der Waals surface area (Å²) >= 11 is 1.95. The molecule has 1 aliphatic rings. The first-order chi connectivity index (χ1) is 14.0. The van der Waals surface area contributed by atoms with E-state index in [1.165, 1.54) is 59.6 Å². The van der Waals surface area contributed by atoms with Crippen molar-refractivity contribution >= 4 is 40.4 Å². The van der Waals surface area contributed by atoms with E-state index in [4.69, 9.17) is 15.2 Å². The van der Waals surface area contributed by atoms with Gasteiger partial charge in [0.05, 0.1) is 5.84 Å². The van der Waals surface area contributed by atoms with Crippen LogP contribution in [0.25, 0.3) is 10.9 Å². The molecule has 156 valence electrons. The first kappa shape index (κ1) is 22.5. The highest BCUT2D eigenvalue weighted by Crippen LogP contribution is 2.28. The van der Waals surface area contributed by atoms with Gasteiger partial charge in [-0.3, -0.25) is 4.99 Å². The van der Waals surface area contributed by atoms with Crippen LogP contribution in [0.5, 0.6) is 0 Å². The third-order valence-electron chi connectivity index (χ3n) is 4.36. The summed E-state index contributed by atoms with van der Waals surface area (Å²) in [5.41, 5.74) is 1.23. The van der Waals surface area contributed by atoms with Gasteiger partial charge in [0.15, 0.2) is 0 Å². The SMILES string of the molecule is CN1CCCC1=NCCCCSc1c[nH]c2ccccc12.O=C(O)/C=C/C(=O)O. The normalized spacial score (nSPS) is 15.1. The fourth-order valence-electron chi connectivity index (χ4n) is 2.91. The van der Waals surface area contributed by atoms with Gasteiger partial charge in [-0.25, -0.2) is 9.59 Å². The predicted molar refractivity (Wildman–Crippen MR) is 117 cm³/mol. The molecule has 1 aromatic carbocycles. The van der Waals surface area contributed by atoms with Crippen LogP contribution < -0.4 is 0 Å². The van der Waals surface area contributed by atoms with Crippen LogP contribution in [0, 0.1) is 0 Å². The summed E-state index contributed by atoms with van der Waals surface area (Å²) in [4.78, 5) is 30.8. The van der Waals surface area contributed by atoms with E-state index in [0.29, 0.717) is 12.2 Å². The van der Waals surface area contributed by atoms with E-state index in [-0.39, 0.29) is 0 Å². The third kappa shape index (κ3) is 8.03. The van der Waals surface area contributed by atoms with Gasteiger partial charge in [0.2, 0.25) is 0 Å². The molecule has 29 heavy (non-hydrogen) atoms. The number of carboxylic acid groups (broad SMARTS) is 2. The maximum atomic E-state index is 9.55. The molecular weight excluding hydrogens is 390 g/mol. The number of unbranched alkanes of at least 4 members (excludes halogenated alkanes) is 1. The third-order valence-corrected chi connectivity index (χ3v) is 5.50. The van der Waals surface area contributed by atoms with Gasteiger partial charge in [0, 0.05) is 60.7 Å². The van der Waals surface area contributed by atoms with Crippen LogP contribution in [0.4, 0.5) is 0 Å². The quantitative estimate of drug-likeness (QED) is 0.342. The zero-order valence-electron chi connectivity index (χ0n) is 16.5. The molecule has 1 fully saturated rings. The average Bonchev–Trinajstić information content (AvgIpc) is 3.29. The van der Waals surface area contributed by atoms with Crippen molar-refractivity contribution in [1.82, 2.24) is 9.88 Å². The molecule has 0 aliphatic carbocycles. The molecule has 3 rings (SSSR count). The Kier molecular flexibility index (Phi) is 9.30. The number of benzene rings is 1. The number of aliphatic imine (C=N–C) groups is 1. The second-order valence-electron chi connectivity index (χ2n) is 6.59. The summed E-state index contributed by atoms with van der Waals surface area (Å²) < 4.78 is 0. The molecule has 1 saturated heterocycles. The lowest BCUT2D eigenvalue weighted by atomic mass is 10.2. The topological polar surface area (TPSA) is 106 Å². The monoisotopic (exact) mass is 417 g/mol. The number of hydrogen-bond donors (Lipinski definition) is 3. The van der Waals surface area contributed by atoms with Crippen molar-refractivity contribution in [2.45, 2.75) is 30.6 Å². The minimum absolute atomic E-state index is 0.558. The van der Waals surface area contributed by atoms with Crippen LogP contribution in [-0.2, 0) is 9.59 Å². The summed E-state index contributed by atoms with van der Waals surface area (Å²) in [7, 11) is 2.15. The summed E-state index contributed by atoms with van der Waals surface area (Å²) in [6, 6.07) is 8.50. The minimum atomic E-state index is -1.26. The molecule has 1 aromatic heterocycles. The molecule has 0 atom stereocenters. The van der Waals surface area contributed by atoms with E-state index in [0.717, 1.165) is 6.54 Å². The van der Waals surface area contributed by atoms with E-state index in [1.807, 2.05) is 11.8 Å². The van der Waals surface area contributed by atoms with Crippen LogP contribution in [0.3, 0.4) is 0 Å². The Morgan fingerprint density at radius 3 is 2.59 bits per heavy atom. The summed E-state index contributed by atoms with van der Waals surface area (Å²) in [5, 5.41) is 17.0. The Morgan fingerprint density at radius 2 is 1.93 bits per heavy atom. The van der Waals surface area contributed by atoms with Gasteiger partial charge < -0.3 is 20.1 Å². The van der Waals surface area contributed by atoms with Crippen LogP contribution in [-0.4, -0.2) is 63.8 Å². The molecule has 0 radical (unpaired) electrons. The summed E-state index contributed by atoms with van der Waals surface area (Å²) in [6.07, 6.45) is 8.09. The molecule has 8 heteroatoms. The number of aromatic nitrogens is 1. The number of likely N-dealkylation sites (tertiary alicyclic amines) is 1. The number of H-pyrrole nitrogens is 1. The van der Waals surface area contributed by atoms with E-state index < -0.39 is 11.9 Å². The van der Waals surface area contributed by atoms with Crippen molar-refractivity contribution in [1.29, 1.82) is 0 Å². The fourth-order valence-corrected chi connectivity index (χ4v) is 3.95. The Morgan fingerprint density at radius 1 is 1.21 bits per heavy atom. The number of rotatable bonds is 8. The Hall–Kier alpha value is -2.74. The number of carboxylic acids is 2. The summed E-state index contributed by atoms with van der Waals surface area (Å²) in [6.45, 7) is 2.16. The van der Waals surface area contributed by atoms with Crippen LogP contribution in [0.2, 0.25) is 0 Å². The zero-order valence-corrected chi connectivity index (χ0v) is 17.3. The smallest absolute Gasteiger partial charge is 0.328 e. The summed E-state index contributed by atoms with van der Waals surface area (Å²) in [5.74, 6) is -0.0400. The molecule has 0 amide bonds. The van der Waals surface area contributed by atoms with Gasteiger partial charge in [-0.05, 0) is 31.1 Å².